The number of piperazine rings is 1. The van der Waals surface area contributed by atoms with Gasteiger partial charge < -0.3 is 15.0 Å². The zero-order valence-electron chi connectivity index (χ0n) is 15.1. The van der Waals surface area contributed by atoms with Crippen LogP contribution in [0, 0.1) is 6.92 Å². The zero-order chi connectivity index (χ0) is 21.4. The fourth-order valence-corrected chi connectivity index (χ4v) is 3.24. The lowest BCUT2D eigenvalue weighted by Gasteiger charge is -2.37. The van der Waals surface area contributed by atoms with Gasteiger partial charge in [-0.25, -0.2) is 4.79 Å². The van der Waals surface area contributed by atoms with Gasteiger partial charge in [0.2, 0.25) is 0 Å². The number of aromatic nitrogens is 1. The van der Waals surface area contributed by atoms with E-state index in [1.54, 1.807) is 37.3 Å². The average Bonchev–Trinajstić information content (AvgIpc) is 2.63. The molecule has 2 aromatic rings. The number of hydrogen-bond acceptors (Lipinski definition) is 5. The van der Waals surface area contributed by atoms with Crippen LogP contribution in [0.3, 0.4) is 0 Å². The van der Waals surface area contributed by atoms with Crippen molar-refractivity contribution in [3.63, 3.8) is 0 Å². The van der Waals surface area contributed by atoms with Crippen LogP contribution in [0.4, 0.5) is 32.0 Å². The third-order valence-corrected chi connectivity index (χ3v) is 4.48. The Hall–Kier alpha value is -2.56. The average molecular weight is 421 g/mol. The molecule has 1 fully saturated rings. The van der Waals surface area contributed by atoms with E-state index in [1.165, 1.54) is 4.90 Å². The number of ether oxygens (including phenoxy) is 1. The lowest BCUT2D eigenvalue weighted by molar-refractivity contribution is -0.313. The van der Waals surface area contributed by atoms with Gasteiger partial charge in [-0.15, -0.1) is 0 Å². The summed E-state index contributed by atoms with van der Waals surface area (Å²) >= 11 is 0. The first-order valence-electron chi connectivity index (χ1n) is 8.66. The molecule has 0 radical (unpaired) electrons. The van der Waals surface area contributed by atoms with Gasteiger partial charge in [-0.1, -0.05) is 18.2 Å². The number of nitrogens with zero attached hydrogens (tertiary/aromatic N) is 2. The minimum atomic E-state index is -5.76. The van der Waals surface area contributed by atoms with Crippen LogP contribution in [0.25, 0.3) is 10.9 Å². The predicted molar refractivity (Wildman–Crippen MR) is 92.5 cm³/mol. The molecule has 1 aromatic carbocycles. The molecule has 0 saturated carbocycles. The van der Waals surface area contributed by atoms with Gasteiger partial charge in [-0.3, -0.25) is 4.98 Å². The topological polar surface area (TPSA) is 54.5 Å². The molecule has 1 unspecified atom stereocenters. The van der Waals surface area contributed by atoms with E-state index in [1.807, 2.05) is 0 Å². The van der Waals surface area contributed by atoms with Gasteiger partial charge in [0, 0.05) is 36.4 Å². The van der Waals surface area contributed by atoms with Crippen molar-refractivity contribution < 1.29 is 35.9 Å². The van der Waals surface area contributed by atoms with Crippen LogP contribution in [0.2, 0.25) is 0 Å². The summed E-state index contributed by atoms with van der Waals surface area (Å²) in [6, 6.07) is 7.20. The van der Waals surface area contributed by atoms with Gasteiger partial charge in [0.25, 0.3) is 6.10 Å². The second-order valence-corrected chi connectivity index (χ2v) is 6.61. The number of benzene rings is 1. The van der Waals surface area contributed by atoms with Crippen LogP contribution in [-0.2, 0) is 9.53 Å². The number of fused-ring (bicyclic) bond motifs is 1. The number of hydrogen-bond donors (Lipinski definition) is 1. The first kappa shape index (κ1) is 21.2. The molecule has 1 atom stereocenters. The lowest BCUT2D eigenvalue weighted by atomic mass is 10.1. The molecule has 5 nitrogen and oxygen atoms in total. The van der Waals surface area contributed by atoms with Crippen LogP contribution < -0.4 is 10.2 Å². The highest BCUT2D eigenvalue weighted by atomic mass is 19.4. The third-order valence-electron chi connectivity index (χ3n) is 4.48. The monoisotopic (exact) mass is 421 g/mol. The minimum absolute atomic E-state index is 0.156. The van der Waals surface area contributed by atoms with E-state index < -0.39 is 30.5 Å². The molecule has 0 aliphatic carbocycles. The van der Waals surface area contributed by atoms with Crippen molar-refractivity contribution in [2.24, 2.45) is 0 Å². The van der Waals surface area contributed by atoms with Gasteiger partial charge in [0.05, 0.1) is 5.52 Å². The minimum Gasteiger partial charge on any atom is -0.441 e. The molecule has 1 N–H and O–H groups in total. The molecule has 2 heterocycles. The van der Waals surface area contributed by atoms with Crippen molar-refractivity contribution in [3.05, 3.63) is 36.0 Å². The van der Waals surface area contributed by atoms with Crippen LogP contribution in [-0.4, -0.2) is 55.1 Å². The Morgan fingerprint density at radius 3 is 2.52 bits per heavy atom. The van der Waals surface area contributed by atoms with Crippen LogP contribution in [0.1, 0.15) is 5.69 Å². The van der Waals surface area contributed by atoms with E-state index in [-0.39, 0.29) is 13.1 Å². The fraction of sp³-hybridized carbons (Fsp3) is 0.444. The maximum absolute atomic E-state index is 12.8. The van der Waals surface area contributed by atoms with E-state index >= 15 is 0 Å². The van der Waals surface area contributed by atoms with Gasteiger partial charge >= 0.3 is 18.3 Å². The number of nitrogens with one attached hydrogen (secondary N) is 1. The molecular formula is C18H17F6N3O2. The quantitative estimate of drug-likeness (QED) is 0.609. The van der Waals surface area contributed by atoms with E-state index in [2.05, 4.69) is 15.0 Å². The van der Waals surface area contributed by atoms with Crippen molar-refractivity contribution >= 4 is 22.6 Å². The normalized spacial score (nSPS) is 18.3. The Morgan fingerprint density at radius 1 is 1.21 bits per heavy atom. The Bertz CT molecular complexity index is 885. The number of para-hydroxylation sites is 1. The Balaban J connectivity index is 1.96. The van der Waals surface area contributed by atoms with Crippen molar-refractivity contribution in [1.29, 1.82) is 0 Å². The molecule has 29 heavy (non-hydrogen) atoms. The molecule has 0 spiro atoms. The van der Waals surface area contributed by atoms with Crippen LogP contribution in [0.5, 0.6) is 0 Å². The standard InChI is InChI=1S/C18H17F6N3O2/c1-10-8-13(11-4-2-3-5-12(11)26-10)27-7-6-25-9-14(27)15(28)29-16(17(19,20)21)18(22,23)24/h2-5,8,14,16,25H,6-7,9H2,1H3. The first-order chi connectivity index (χ1) is 13.5. The molecule has 1 aromatic heterocycles. The largest absolute Gasteiger partial charge is 0.441 e. The zero-order valence-corrected chi connectivity index (χ0v) is 15.1. The number of alkyl halides is 6. The number of carbonyl (C=O) groups is 1. The second kappa shape index (κ2) is 7.69. The molecule has 1 aliphatic rings. The maximum atomic E-state index is 12.8. The summed E-state index contributed by atoms with van der Waals surface area (Å²) in [4.78, 5) is 18.2. The molecule has 1 saturated heterocycles. The van der Waals surface area contributed by atoms with Crippen molar-refractivity contribution in [1.82, 2.24) is 10.3 Å². The number of aryl methyl sites for hydroxylation is 1. The predicted octanol–water partition coefficient (Wildman–Crippen LogP) is 3.36. The summed E-state index contributed by atoms with van der Waals surface area (Å²) in [5.74, 6) is -1.60. The molecule has 0 amide bonds. The molecule has 1 aliphatic heterocycles. The number of esters is 1. The summed E-state index contributed by atoms with van der Waals surface area (Å²) in [7, 11) is 0. The molecule has 11 heteroatoms. The van der Waals surface area contributed by atoms with Crippen molar-refractivity contribution in [2.45, 2.75) is 31.4 Å². The summed E-state index contributed by atoms with van der Waals surface area (Å²) in [6.07, 6.45) is -15.7. The lowest BCUT2D eigenvalue weighted by Crippen LogP contribution is -2.58. The van der Waals surface area contributed by atoms with E-state index in [4.69, 9.17) is 0 Å². The highest BCUT2D eigenvalue weighted by Gasteiger charge is 2.60. The number of rotatable bonds is 3. The molecule has 3 rings (SSSR count). The van der Waals surface area contributed by atoms with E-state index in [0.29, 0.717) is 28.8 Å². The Labute approximate surface area is 161 Å². The Kier molecular flexibility index (Phi) is 5.61. The number of carbonyl (C=O) groups excluding carboxylic acids is 1. The molecular weight excluding hydrogens is 404 g/mol. The summed E-state index contributed by atoms with van der Waals surface area (Å²) in [5.41, 5.74) is 1.68. The number of pyridine rings is 1. The third kappa shape index (κ3) is 4.55. The van der Waals surface area contributed by atoms with Gasteiger partial charge in [0.1, 0.15) is 6.04 Å². The van der Waals surface area contributed by atoms with Gasteiger partial charge in [0.15, 0.2) is 0 Å². The molecule has 0 bridgehead atoms. The van der Waals surface area contributed by atoms with Crippen LogP contribution in [0.15, 0.2) is 30.3 Å². The first-order valence-corrected chi connectivity index (χ1v) is 8.66. The second-order valence-electron chi connectivity index (χ2n) is 6.61. The van der Waals surface area contributed by atoms with Crippen molar-refractivity contribution in [2.75, 3.05) is 24.5 Å². The smallest absolute Gasteiger partial charge is 0.434 e. The van der Waals surface area contributed by atoms with Crippen LogP contribution >= 0.6 is 0 Å². The van der Waals surface area contributed by atoms with E-state index in [9.17, 15) is 31.1 Å². The SMILES string of the molecule is Cc1cc(N2CCNCC2C(=O)OC(C(F)(F)F)C(F)(F)F)c2ccccc2n1. The summed E-state index contributed by atoms with van der Waals surface area (Å²) in [6.45, 7) is 2.13. The highest BCUT2D eigenvalue weighted by Crippen LogP contribution is 2.36. The van der Waals surface area contributed by atoms with Gasteiger partial charge in [-0.2, -0.15) is 26.3 Å². The Morgan fingerprint density at radius 2 is 1.86 bits per heavy atom. The maximum Gasteiger partial charge on any atom is 0.434 e. The summed E-state index contributed by atoms with van der Waals surface area (Å²) < 4.78 is 80.7. The van der Waals surface area contributed by atoms with Gasteiger partial charge in [-0.05, 0) is 19.1 Å². The van der Waals surface area contributed by atoms with Crippen molar-refractivity contribution in [3.8, 4) is 0 Å². The number of halogens is 6. The molecule has 158 valence electrons. The number of anilines is 1. The summed E-state index contributed by atoms with van der Waals surface area (Å²) in [5, 5.41) is 3.43. The highest BCUT2D eigenvalue weighted by molar-refractivity contribution is 5.94. The fourth-order valence-electron chi connectivity index (χ4n) is 3.24. The van der Waals surface area contributed by atoms with E-state index in [0.717, 1.165) is 0 Å².